The van der Waals surface area contributed by atoms with E-state index in [1.165, 1.54) is 18.5 Å². The minimum atomic E-state index is 0.628. The van der Waals surface area contributed by atoms with E-state index in [1.54, 1.807) is 6.33 Å². The maximum atomic E-state index is 4.78. The largest absolute Gasteiger partial charge is 0.356 e. The van der Waals surface area contributed by atoms with Crippen LogP contribution in [-0.4, -0.2) is 51.0 Å². The second kappa shape index (κ2) is 6.02. The molecule has 130 valence electrons. The lowest BCUT2D eigenvalue weighted by molar-refractivity contribution is 0.304. The van der Waals surface area contributed by atoms with Crippen LogP contribution in [-0.2, 0) is 6.54 Å². The average Bonchev–Trinajstić information content (AvgIpc) is 3.28. The van der Waals surface area contributed by atoms with Gasteiger partial charge in [-0.05, 0) is 37.7 Å². The minimum absolute atomic E-state index is 0.628. The molecule has 3 fully saturated rings. The van der Waals surface area contributed by atoms with Crippen molar-refractivity contribution in [1.29, 1.82) is 0 Å². The Bertz CT molecular complexity index is 760. The van der Waals surface area contributed by atoms with Crippen LogP contribution in [0.3, 0.4) is 0 Å². The molecule has 25 heavy (non-hydrogen) atoms. The van der Waals surface area contributed by atoms with Crippen LogP contribution >= 0.6 is 0 Å². The first-order valence-corrected chi connectivity index (χ1v) is 9.32. The topological polar surface area (TPSA) is 58.0 Å². The van der Waals surface area contributed by atoms with E-state index in [9.17, 15) is 0 Å². The molecule has 4 heterocycles. The van der Waals surface area contributed by atoms with E-state index < -0.39 is 0 Å². The van der Waals surface area contributed by atoms with Crippen molar-refractivity contribution in [2.75, 3.05) is 31.1 Å². The van der Waals surface area contributed by atoms with E-state index in [2.05, 4.69) is 36.9 Å². The summed E-state index contributed by atoms with van der Waals surface area (Å²) in [7, 11) is 0. The fourth-order valence-electron chi connectivity index (χ4n) is 4.29. The first-order valence-electron chi connectivity index (χ1n) is 9.32. The van der Waals surface area contributed by atoms with Gasteiger partial charge in [-0.2, -0.15) is 0 Å². The molecule has 0 amide bonds. The molecular weight excluding hydrogens is 312 g/mol. The third-order valence-corrected chi connectivity index (χ3v) is 5.74. The zero-order valence-electron chi connectivity index (χ0n) is 14.7. The maximum absolute atomic E-state index is 4.78. The number of anilines is 1. The summed E-state index contributed by atoms with van der Waals surface area (Å²) in [5, 5.41) is 0. The van der Waals surface area contributed by atoms with Crippen molar-refractivity contribution in [3.05, 3.63) is 41.9 Å². The molecule has 2 aromatic heterocycles. The molecule has 2 aromatic rings. The van der Waals surface area contributed by atoms with Crippen LogP contribution in [0.2, 0.25) is 0 Å². The Hall–Kier alpha value is -2.08. The minimum Gasteiger partial charge on any atom is -0.356 e. The van der Waals surface area contributed by atoms with Gasteiger partial charge in [0.1, 0.15) is 18.0 Å². The van der Waals surface area contributed by atoms with Gasteiger partial charge in [-0.1, -0.05) is 0 Å². The SMILES string of the molecule is Cc1cc(N2CC3CN(Cc4ccnc(C5CC5)n4)CC3C2)ncn1. The molecule has 1 saturated carbocycles. The van der Waals surface area contributed by atoms with E-state index in [1.807, 2.05) is 13.1 Å². The first-order chi connectivity index (χ1) is 12.2. The van der Waals surface area contributed by atoms with E-state index in [0.717, 1.165) is 61.9 Å². The van der Waals surface area contributed by atoms with Crippen LogP contribution in [0.5, 0.6) is 0 Å². The molecule has 2 atom stereocenters. The summed E-state index contributed by atoms with van der Waals surface area (Å²) in [5.74, 6) is 4.24. The number of nitrogens with zero attached hydrogens (tertiary/aromatic N) is 6. The fraction of sp³-hybridized carbons (Fsp3) is 0.579. The summed E-state index contributed by atoms with van der Waals surface area (Å²) in [6.07, 6.45) is 6.13. The van der Waals surface area contributed by atoms with Crippen molar-refractivity contribution in [1.82, 2.24) is 24.8 Å². The van der Waals surface area contributed by atoms with Gasteiger partial charge in [0.05, 0.1) is 5.69 Å². The summed E-state index contributed by atoms with van der Waals surface area (Å²) < 4.78 is 0. The van der Waals surface area contributed by atoms with Crippen LogP contribution < -0.4 is 4.90 Å². The molecule has 6 heteroatoms. The van der Waals surface area contributed by atoms with Crippen molar-refractivity contribution in [3.8, 4) is 0 Å². The molecule has 0 aromatic carbocycles. The summed E-state index contributed by atoms with van der Waals surface area (Å²) in [4.78, 5) is 22.9. The molecule has 0 N–H and O–H groups in total. The van der Waals surface area contributed by atoms with Gasteiger partial charge >= 0.3 is 0 Å². The number of hydrogen-bond donors (Lipinski definition) is 0. The zero-order chi connectivity index (χ0) is 16.8. The molecule has 2 saturated heterocycles. The molecule has 6 nitrogen and oxygen atoms in total. The van der Waals surface area contributed by atoms with E-state index in [0.29, 0.717) is 5.92 Å². The molecule has 0 spiro atoms. The van der Waals surface area contributed by atoms with E-state index in [-0.39, 0.29) is 0 Å². The highest BCUT2D eigenvalue weighted by atomic mass is 15.3. The van der Waals surface area contributed by atoms with Gasteiger partial charge in [0.15, 0.2) is 0 Å². The third-order valence-electron chi connectivity index (χ3n) is 5.74. The molecule has 1 aliphatic carbocycles. The van der Waals surface area contributed by atoms with Crippen LogP contribution in [0, 0.1) is 18.8 Å². The molecule has 2 unspecified atom stereocenters. The quantitative estimate of drug-likeness (QED) is 0.851. The average molecular weight is 336 g/mol. The molecule has 3 aliphatic rings. The monoisotopic (exact) mass is 336 g/mol. The van der Waals surface area contributed by atoms with Gasteiger partial charge in [-0.25, -0.2) is 19.9 Å². The predicted octanol–water partition coefficient (Wildman–Crippen LogP) is 2.02. The highest BCUT2D eigenvalue weighted by Crippen LogP contribution is 2.38. The molecule has 5 rings (SSSR count). The second-order valence-corrected chi connectivity index (χ2v) is 7.82. The van der Waals surface area contributed by atoms with Gasteiger partial charge < -0.3 is 4.90 Å². The van der Waals surface area contributed by atoms with Crippen LogP contribution in [0.1, 0.15) is 36.0 Å². The van der Waals surface area contributed by atoms with Crippen molar-refractivity contribution >= 4 is 5.82 Å². The van der Waals surface area contributed by atoms with Crippen molar-refractivity contribution in [3.63, 3.8) is 0 Å². The Balaban J connectivity index is 1.21. The Kier molecular flexibility index (Phi) is 3.66. The lowest BCUT2D eigenvalue weighted by Gasteiger charge is -2.22. The number of rotatable bonds is 4. The van der Waals surface area contributed by atoms with E-state index in [4.69, 9.17) is 4.98 Å². The molecule has 0 bridgehead atoms. The summed E-state index contributed by atoms with van der Waals surface area (Å²) >= 11 is 0. The fourth-order valence-corrected chi connectivity index (χ4v) is 4.29. The number of likely N-dealkylation sites (tertiary alicyclic amines) is 1. The van der Waals surface area contributed by atoms with Crippen molar-refractivity contribution in [2.45, 2.75) is 32.2 Å². The number of fused-ring (bicyclic) bond motifs is 1. The Morgan fingerprint density at radius 2 is 1.84 bits per heavy atom. The lowest BCUT2D eigenvalue weighted by atomic mass is 10.0. The Labute approximate surface area is 148 Å². The highest BCUT2D eigenvalue weighted by Gasteiger charge is 2.40. The van der Waals surface area contributed by atoms with Crippen LogP contribution in [0.25, 0.3) is 0 Å². The highest BCUT2D eigenvalue weighted by molar-refractivity contribution is 5.40. The maximum Gasteiger partial charge on any atom is 0.132 e. The predicted molar refractivity (Wildman–Crippen MR) is 95.2 cm³/mol. The summed E-state index contributed by atoms with van der Waals surface area (Å²) in [6, 6.07) is 4.18. The molecule has 0 radical (unpaired) electrons. The summed E-state index contributed by atoms with van der Waals surface area (Å²) in [6.45, 7) is 7.52. The normalized spacial score (nSPS) is 26.2. The van der Waals surface area contributed by atoms with Gasteiger partial charge in [0.2, 0.25) is 0 Å². The number of aryl methyl sites for hydroxylation is 1. The number of aromatic nitrogens is 4. The van der Waals surface area contributed by atoms with Crippen LogP contribution in [0.15, 0.2) is 24.7 Å². The summed E-state index contributed by atoms with van der Waals surface area (Å²) in [5.41, 5.74) is 2.22. The van der Waals surface area contributed by atoms with Gasteiger partial charge in [-0.15, -0.1) is 0 Å². The van der Waals surface area contributed by atoms with Crippen LogP contribution in [0.4, 0.5) is 5.82 Å². The van der Waals surface area contributed by atoms with E-state index >= 15 is 0 Å². The number of hydrogen-bond acceptors (Lipinski definition) is 6. The molecular formula is C19H24N6. The van der Waals surface area contributed by atoms with Gasteiger partial charge in [0, 0.05) is 56.6 Å². The Morgan fingerprint density at radius 3 is 2.56 bits per heavy atom. The second-order valence-electron chi connectivity index (χ2n) is 7.82. The van der Waals surface area contributed by atoms with Crippen molar-refractivity contribution < 1.29 is 0 Å². The smallest absolute Gasteiger partial charge is 0.132 e. The first kappa shape index (κ1) is 15.2. The van der Waals surface area contributed by atoms with Gasteiger partial charge in [0.25, 0.3) is 0 Å². The zero-order valence-corrected chi connectivity index (χ0v) is 14.7. The van der Waals surface area contributed by atoms with Gasteiger partial charge in [-0.3, -0.25) is 4.90 Å². The molecule has 2 aliphatic heterocycles. The lowest BCUT2D eigenvalue weighted by Crippen LogP contribution is -2.29. The standard InChI is InChI=1S/C19H24N6/c1-13-6-18(22-12-21-13)25-9-15-7-24(8-16(15)10-25)11-17-4-5-20-19(23-17)14-2-3-14/h4-6,12,14-16H,2-3,7-11H2,1H3. The Morgan fingerprint density at radius 1 is 1.04 bits per heavy atom. The third kappa shape index (κ3) is 3.11. The van der Waals surface area contributed by atoms with Crippen molar-refractivity contribution in [2.24, 2.45) is 11.8 Å².